The Kier molecular flexibility index (Phi) is 5.75. The Hall–Kier alpha value is -2.35. The number of anilines is 1. The summed E-state index contributed by atoms with van der Waals surface area (Å²) in [5.74, 6) is 0.146. The summed E-state index contributed by atoms with van der Waals surface area (Å²) in [6, 6.07) is 9.45. The zero-order chi connectivity index (χ0) is 23.3. The molecule has 3 aromatic rings. The van der Waals surface area contributed by atoms with E-state index < -0.39 is 10.0 Å². The summed E-state index contributed by atoms with van der Waals surface area (Å²) < 4.78 is 29.0. The molecule has 6 nitrogen and oxygen atoms in total. The molecule has 2 heterocycles. The van der Waals surface area contributed by atoms with Crippen molar-refractivity contribution in [1.29, 1.82) is 0 Å². The third-order valence-corrected chi connectivity index (χ3v) is 9.13. The summed E-state index contributed by atoms with van der Waals surface area (Å²) in [4.78, 5) is 18.4. The minimum atomic E-state index is -3.66. The molecule has 2 aromatic carbocycles. The Morgan fingerprint density at radius 2 is 1.82 bits per heavy atom. The standard InChI is InChI=1S/C25H28ClN3O3S/c1-3-17-13-19-21(27-20-5-4-6-23(30)25(19)20)15-24(17)33(31,32)29-11-9-28(10-12-29)22-14-18(26)8-7-16(22)2/h7-8,13-15,27H,3-6,9-12H2,1-2H3. The molecule has 0 spiro atoms. The van der Waals surface area contributed by atoms with Gasteiger partial charge in [-0.3, -0.25) is 4.79 Å². The number of carbonyl (C=O) groups is 1. The van der Waals surface area contributed by atoms with Gasteiger partial charge in [-0.1, -0.05) is 24.6 Å². The molecule has 8 heteroatoms. The molecule has 33 heavy (non-hydrogen) atoms. The van der Waals surface area contributed by atoms with Crippen molar-refractivity contribution in [3.05, 3.63) is 57.7 Å². The molecule has 1 aromatic heterocycles. The van der Waals surface area contributed by atoms with E-state index >= 15 is 0 Å². The first-order valence-corrected chi connectivity index (χ1v) is 13.3. The summed E-state index contributed by atoms with van der Waals surface area (Å²) in [5, 5.41) is 1.53. The van der Waals surface area contributed by atoms with Crippen LogP contribution in [0, 0.1) is 6.92 Å². The Bertz CT molecular complexity index is 1350. The summed E-state index contributed by atoms with van der Waals surface area (Å²) >= 11 is 6.19. The molecule has 1 N–H and O–H groups in total. The number of piperazine rings is 1. The maximum absolute atomic E-state index is 13.7. The molecule has 0 radical (unpaired) electrons. The molecule has 0 saturated carbocycles. The number of carbonyl (C=O) groups excluding carboxylic acids is 1. The van der Waals surface area contributed by atoms with Gasteiger partial charge in [0.1, 0.15) is 0 Å². The molecule has 5 rings (SSSR count). The molecule has 0 unspecified atom stereocenters. The molecule has 1 aliphatic carbocycles. The monoisotopic (exact) mass is 485 g/mol. The number of H-pyrrole nitrogens is 1. The second kappa shape index (κ2) is 8.46. The smallest absolute Gasteiger partial charge is 0.243 e. The van der Waals surface area contributed by atoms with Crippen molar-refractivity contribution < 1.29 is 13.2 Å². The molecule has 0 amide bonds. The fourth-order valence-electron chi connectivity index (χ4n) is 5.13. The van der Waals surface area contributed by atoms with Gasteiger partial charge in [0.25, 0.3) is 0 Å². The summed E-state index contributed by atoms with van der Waals surface area (Å²) in [7, 11) is -3.66. The fraction of sp³-hybridized carbons (Fsp3) is 0.400. The quantitative estimate of drug-likeness (QED) is 0.580. The molecular weight excluding hydrogens is 458 g/mol. The van der Waals surface area contributed by atoms with E-state index in [4.69, 9.17) is 11.6 Å². The van der Waals surface area contributed by atoms with Crippen LogP contribution in [0.5, 0.6) is 0 Å². The lowest BCUT2D eigenvalue weighted by molar-refractivity contribution is 0.0974. The van der Waals surface area contributed by atoms with Gasteiger partial charge >= 0.3 is 0 Å². The number of aromatic nitrogens is 1. The number of hydrogen-bond acceptors (Lipinski definition) is 4. The number of hydrogen-bond donors (Lipinski definition) is 1. The number of fused-ring (bicyclic) bond motifs is 3. The Balaban J connectivity index is 1.46. The van der Waals surface area contributed by atoms with Gasteiger partial charge in [-0.15, -0.1) is 0 Å². The van der Waals surface area contributed by atoms with E-state index in [-0.39, 0.29) is 5.78 Å². The van der Waals surface area contributed by atoms with Crippen LogP contribution in [0.25, 0.3) is 10.9 Å². The second-order valence-corrected chi connectivity index (χ2v) is 11.3. The molecule has 1 fully saturated rings. The molecule has 2 aliphatic rings. The van der Waals surface area contributed by atoms with Gasteiger partial charge in [0, 0.05) is 65.5 Å². The number of rotatable bonds is 4. The van der Waals surface area contributed by atoms with Gasteiger partial charge in [0.15, 0.2) is 5.78 Å². The highest BCUT2D eigenvalue weighted by Gasteiger charge is 2.32. The number of Topliss-reactive ketones (excluding diaryl/α,β-unsaturated/α-hetero) is 1. The molecule has 0 atom stereocenters. The number of halogens is 1. The van der Waals surface area contributed by atoms with E-state index in [2.05, 4.69) is 9.88 Å². The van der Waals surface area contributed by atoms with Crippen molar-refractivity contribution >= 4 is 44.0 Å². The van der Waals surface area contributed by atoms with Crippen LogP contribution in [0.3, 0.4) is 0 Å². The van der Waals surface area contributed by atoms with Crippen LogP contribution in [0.2, 0.25) is 5.02 Å². The van der Waals surface area contributed by atoms with Crippen molar-refractivity contribution in [1.82, 2.24) is 9.29 Å². The second-order valence-electron chi connectivity index (χ2n) is 8.94. The van der Waals surface area contributed by atoms with Crippen LogP contribution in [0.4, 0.5) is 5.69 Å². The van der Waals surface area contributed by atoms with Crippen molar-refractivity contribution in [3.8, 4) is 0 Å². The average molecular weight is 486 g/mol. The largest absolute Gasteiger partial charge is 0.369 e. The van der Waals surface area contributed by atoms with Crippen LogP contribution in [0.1, 0.15) is 46.9 Å². The summed E-state index contributed by atoms with van der Waals surface area (Å²) in [6.07, 6.45) is 2.79. The lowest BCUT2D eigenvalue weighted by Crippen LogP contribution is -2.49. The van der Waals surface area contributed by atoms with Gasteiger partial charge in [-0.05, 0) is 61.6 Å². The molecule has 0 bridgehead atoms. The lowest BCUT2D eigenvalue weighted by atomic mass is 9.94. The number of ketones is 1. The maximum atomic E-state index is 13.7. The first-order valence-electron chi connectivity index (χ1n) is 11.5. The van der Waals surface area contributed by atoms with Crippen molar-refractivity contribution in [2.45, 2.75) is 44.4 Å². The predicted octanol–water partition coefficient (Wildman–Crippen LogP) is 4.72. The van der Waals surface area contributed by atoms with Crippen molar-refractivity contribution in [2.75, 3.05) is 31.1 Å². The Labute approximate surface area is 199 Å². The SMILES string of the molecule is CCc1cc2c3c([nH]c2cc1S(=O)(=O)N1CCN(c2cc(Cl)ccc2C)CC1)CCCC3=O. The highest BCUT2D eigenvalue weighted by atomic mass is 35.5. The van der Waals surface area contributed by atoms with Gasteiger partial charge < -0.3 is 9.88 Å². The van der Waals surface area contributed by atoms with Crippen LogP contribution in [-0.4, -0.2) is 49.7 Å². The van der Waals surface area contributed by atoms with Gasteiger partial charge in [0.2, 0.25) is 10.0 Å². The Morgan fingerprint density at radius 1 is 1.06 bits per heavy atom. The van der Waals surface area contributed by atoms with E-state index in [1.807, 2.05) is 38.1 Å². The minimum Gasteiger partial charge on any atom is -0.369 e. The number of aromatic amines is 1. The number of nitrogens with one attached hydrogen (secondary N) is 1. The van der Waals surface area contributed by atoms with E-state index in [9.17, 15) is 13.2 Å². The van der Waals surface area contributed by atoms with Gasteiger partial charge in [-0.25, -0.2) is 8.42 Å². The zero-order valence-electron chi connectivity index (χ0n) is 18.9. The van der Waals surface area contributed by atoms with E-state index in [0.717, 1.165) is 51.8 Å². The van der Waals surface area contributed by atoms with Crippen LogP contribution in [-0.2, 0) is 22.9 Å². The molecule has 1 aliphatic heterocycles. The highest BCUT2D eigenvalue weighted by molar-refractivity contribution is 7.89. The van der Waals surface area contributed by atoms with E-state index in [0.29, 0.717) is 48.9 Å². The number of nitrogens with zero attached hydrogens (tertiary/aromatic N) is 2. The van der Waals surface area contributed by atoms with Gasteiger partial charge in [0.05, 0.1) is 4.90 Å². The van der Waals surface area contributed by atoms with Crippen molar-refractivity contribution in [3.63, 3.8) is 0 Å². The van der Waals surface area contributed by atoms with Crippen LogP contribution >= 0.6 is 11.6 Å². The first-order chi connectivity index (χ1) is 15.8. The average Bonchev–Trinajstić information content (AvgIpc) is 3.18. The Morgan fingerprint density at radius 3 is 2.55 bits per heavy atom. The number of aryl methyl sites for hydroxylation is 3. The number of benzene rings is 2. The van der Waals surface area contributed by atoms with Crippen molar-refractivity contribution in [2.24, 2.45) is 0 Å². The van der Waals surface area contributed by atoms with Crippen LogP contribution in [0.15, 0.2) is 35.2 Å². The molecule has 174 valence electrons. The third-order valence-electron chi connectivity index (χ3n) is 6.92. The van der Waals surface area contributed by atoms with Gasteiger partial charge in [-0.2, -0.15) is 4.31 Å². The summed E-state index contributed by atoms with van der Waals surface area (Å²) in [5.41, 5.74) is 5.36. The van der Waals surface area contributed by atoms with E-state index in [1.54, 1.807) is 10.4 Å². The topological polar surface area (TPSA) is 73.5 Å². The number of sulfonamides is 1. The molecular formula is C25H28ClN3O3S. The third kappa shape index (κ3) is 3.86. The zero-order valence-corrected chi connectivity index (χ0v) is 20.5. The lowest BCUT2D eigenvalue weighted by Gasteiger charge is -2.36. The molecule has 1 saturated heterocycles. The maximum Gasteiger partial charge on any atom is 0.243 e. The first kappa shape index (κ1) is 22.4. The normalized spacial score (nSPS) is 17.5. The minimum absolute atomic E-state index is 0.146. The fourth-order valence-corrected chi connectivity index (χ4v) is 7.02. The highest BCUT2D eigenvalue weighted by Crippen LogP contribution is 2.34. The predicted molar refractivity (Wildman–Crippen MR) is 132 cm³/mol. The summed E-state index contributed by atoms with van der Waals surface area (Å²) in [6.45, 7) is 6.04. The van der Waals surface area contributed by atoms with Crippen LogP contribution < -0.4 is 4.90 Å². The van der Waals surface area contributed by atoms with E-state index in [1.165, 1.54) is 0 Å².